The molecule has 0 saturated carbocycles. The number of aromatic nitrogens is 2. The first kappa shape index (κ1) is 37.3. The van der Waals surface area contributed by atoms with E-state index >= 15 is 0 Å². The fourth-order valence-corrected chi connectivity index (χ4v) is 5.85. The van der Waals surface area contributed by atoms with Crippen LogP contribution in [0.3, 0.4) is 0 Å². The monoisotopic (exact) mass is 772 g/mol. The Balaban J connectivity index is 0.000000363. The molecule has 0 atom stereocenters. The first-order valence-electron chi connectivity index (χ1n) is 15.9. The van der Waals surface area contributed by atoms with Crippen LogP contribution in [0.4, 0.5) is 0 Å². The van der Waals surface area contributed by atoms with E-state index in [1.54, 1.807) is 0 Å². The van der Waals surface area contributed by atoms with Gasteiger partial charge in [-0.1, -0.05) is 74.4 Å². The third-order valence-corrected chi connectivity index (χ3v) is 8.15. The van der Waals surface area contributed by atoms with Gasteiger partial charge in [-0.2, -0.15) is 0 Å². The van der Waals surface area contributed by atoms with Crippen molar-refractivity contribution in [1.29, 1.82) is 0 Å². The molecule has 1 radical (unpaired) electrons. The molecule has 239 valence electrons. The van der Waals surface area contributed by atoms with E-state index in [0.29, 0.717) is 0 Å². The summed E-state index contributed by atoms with van der Waals surface area (Å²) in [6.07, 6.45) is 7.78. The first-order valence-corrected chi connectivity index (χ1v) is 15.9. The molecule has 0 aliphatic heterocycles. The van der Waals surface area contributed by atoms with Gasteiger partial charge in [-0.05, 0) is 78.4 Å². The second-order valence-electron chi connectivity index (χ2n) is 13.1. The molecule has 1 N–H and O–H groups in total. The fraction of sp³-hybridized carbons (Fsp3) is 0.462. The summed E-state index contributed by atoms with van der Waals surface area (Å²) >= 11 is 0. The minimum atomic E-state index is 0. The molecule has 4 nitrogen and oxygen atoms in total. The standard InChI is InChI=1S/C26H27N2.C13H24O2.Ir/c1-16-11-17(2)13-19(12-16)25-22-8-7-21-23(20(22)9-10-27-25)14-18(3)28-24(21)15-26(4,5)6;1-5-10(6-2)12(14)9-13(15)11(7-3)8-4;/h7-12,14H,15H2,1-6H3;9-11,14H,5-8H2,1-4H3;/q-1;;/b;12-9-;. The zero-order valence-corrected chi connectivity index (χ0v) is 30.8. The topological polar surface area (TPSA) is 63.1 Å². The number of allylic oxidation sites excluding steroid dienone is 2. The summed E-state index contributed by atoms with van der Waals surface area (Å²) < 4.78 is 0. The predicted octanol–water partition coefficient (Wildman–Crippen LogP) is 10.6. The molecule has 0 amide bonds. The Kier molecular flexibility index (Phi) is 13.9. The number of rotatable bonds is 9. The molecule has 2 aromatic carbocycles. The Morgan fingerprint density at radius 1 is 0.864 bits per heavy atom. The van der Waals surface area contributed by atoms with E-state index in [1.165, 1.54) is 38.9 Å². The van der Waals surface area contributed by atoms with Crippen LogP contribution in [0.5, 0.6) is 0 Å². The van der Waals surface area contributed by atoms with Gasteiger partial charge in [-0.25, -0.2) is 0 Å². The van der Waals surface area contributed by atoms with E-state index in [9.17, 15) is 9.90 Å². The minimum absolute atomic E-state index is 0. The molecule has 4 rings (SSSR count). The van der Waals surface area contributed by atoms with E-state index < -0.39 is 0 Å². The van der Waals surface area contributed by atoms with Crippen LogP contribution in [0.1, 0.15) is 96.7 Å². The Bertz CT molecular complexity index is 1570. The van der Waals surface area contributed by atoms with Gasteiger partial charge in [0.1, 0.15) is 0 Å². The number of carbonyl (C=O) groups excluding carboxylic acids is 1. The van der Waals surface area contributed by atoms with Crippen LogP contribution in [0.2, 0.25) is 0 Å². The Morgan fingerprint density at radius 2 is 1.48 bits per heavy atom. The first-order chi connectivity index (χ1) is 20.3. The third kappa shape index (κ3) is 9.56. The van der Waals surface area contributed by atoms with Gasteiger partial charge in [0, 0.05) is 61.0 Å². The quantitative estimate of drug-likeness (QED) is 0.0797. The number of ketones is 1. The zero-order valence-electron chi connectivity index (χ0n) is 28.4. The molecular weight excluding hydrogens is 721 g/mol. The number of aliphatic hydroxyl groups is 1. The second-order valence-corrected chi connectivity index (χ2v) is 13.1. The summed E-state index contributed by atoms with van der Waals surface area (Å²) in [5.41, 5.74) is 6.87. The van der Waals surface area contributed by atoms with Gasteiger partial charge < -0.3 is 10.1 Å². The summed E-state index contributed by atoms with van der Waals surface area (Å²) in [6.45, 7) is 21.2. The predicted molar refractivity (Wildman–Crippen MR) is 183 cm³/mol. The molecule has 44 heavy (non-hydrogen) atoms. The van der Waals surface area contributed by atoms with Crippen LogP contribution in [0, 0.1) is 44.1 Å². The van der Waals surface area contributed by atoms with Crippen molar-refractivity contribution in [3.8, 4) is 11.3 Å². The van der Waals surface area contributed by atoms with Gasteiger partial charge in [0.25, 0.3) is 0 Å². The third-order valence-electron chi connectivity index (χ3n) is 8.15. The van der Waals surface area contributed by atoms with Gasteiger partial charge in [0.15, 0.2) is 5.78 Å². The van der Waals surface area contributed by atoms with Crippen molar-refractivity contribution in [2.45, 2.75) is 101 Å². The molecule has 0 spiro atoms. The Hall–Kier alpha value is -2.88. The fourth-order valence-electron chi connectivity index (χ4n) is 5.85. The van der Waals surface area contributed by atoms with E-state index in [0.717, 1.165) is 54.6 Å². The summed E-state index contributed by atoms with van der Waals surface area (Å²) in [5, 5.41) is 14.7. The molecule has 0 aliphatic rings. The summed E-state index contributed by atoms with van der Waals surface area (Å²) in [5.74, 6) is 0.547. The number of pyridine rings is 2. The van der Waals surface area contributed by atoms with Crippen molar-refractivity contribution in [1.82, 2.24) is 9.97 Å². The maximum Gasteiger partial charge on any atom is 0.162 e. The van der Waals surface area contributed by atoms with Crippen molar-refractivity contribution in [3.63, 3.8) is 0 Å². The molecule has 0 unspecified atom stereocenters. The Morgan fingerprint density at radius 3 is 2.05 bits per heavy atom. The molecule has 0 fully saturated rings. The van der Waals surface area contributed by atoms with Crippen molar-refractivity contribution >= 4 is 27.3 Å². The molecule has 2 heterocycles. The van der Waals surface area contributed by atoms with Crippen LogP contribution < -0.4 is 0 Å². The molecule has 2 aromatic heterocycles. The van der Waals surface area contributed by atoms with Crippen LogP contribution in [-0.2, 0) is 31.3 Å². The number of hydrogen-bond acceptors (Lipinski definition) is 4. The van der Waals surface area contributed by atoms with Gasteiger partial charge in [0.05, 0.1) is 5.76 Å². The maximum absolute atomic E-state index is 11.7. The average Bonchev–Trinajstić information content (AvgIpc) is 2.93. The molecule has 0 saturated heterocycles. The summed E-state index contributed by atoms with van der Waals surface area (Å²) in [7, 11) is 0. The molecule has 5 heteroatoms. The zero-order chi connectivity index (χ0) is 31.9. The molecular formula is C39H51IrN2O2-. The van der Waals surface area contributed by atoms with Gasteiger partial charge in [-0.3, -0.25) is 9.78 Å². The number of aliphatic hydroxyl groups excluding tert-OH is 1. The molecule has 0 aliphatic carbocycles. The van der Waals surface area contributed by atoms with Crippen molar-refractivity contribution in [3.05, 3.63) is 83.0 Å². The number of hydrogen-bond donors (Lipinski definition) is 1. The molecule has 0 bridgehead atoms. The Labute approximate surface area is 279 Å². The summed E-state index contributed by atoms with van der Waals surface area (Å²) in [6, 6.07) is 16.6. The smallest absolute Gasteiger partial charge is 0.162 e. The van der Waals surface area contributed by atoms with Crippen molar-refractivity contribution < 1.29 is 30.0 Å². The second kappa shape index (κ2) is 16.4. The van der Waals surface area contributed by atoms with Gasteiger partial charge in [-0.15, -0.1) is 34.9 Å². The molecule has 4 aromatic rings. The van der Waals surface area contributed by atoms with Crippen molar-refractivity contribution in [2.24, 2.45) is 17.3 Å². The number of aryl methyl sites for hydroxylation is 3. The number of carbonyl (C=O) groups is 1. The van der Waals surface area contributed by atoms with E-state index in [-0.39, 0.29) is 48.9 Å². The van der Waals surface area contributed by atoms with Crippen molar-refractivity contribution in [2.75, 3.05) is 0 Å². The minimum Gasteiger partial charge on any atom is -0.512 e. The van der Waals surface area contributed by atoms with Gasteiger partial charge in [0.2, 0.25) is 0 Å². The number of fused-ring (bicyclic) bond motifs is 3. The van der Waals surface area contributed by atoms with Crippen LogP contribution in [0.25, 0.3) is 32.8 Å². The largest absolute Gasteiger partial charge is 0.512 e. The van der Waals surface area contributed by atoms with Crippen LogP contribution >= 0.6 is 0 Å². The van der Waals surface area contributed by atoms with Crippen LogP contribution in [-0.4, -0.2) is 20.9 Å². The average molecular weight is 772 g/mol. The van der Waals surface area contributed by atoms with Crippen LogP contribution in [0.15, 0.2) is 54.4 Å². The normalized spacial score (nSPS) is 12.0. The van der Waals surface area contributed by atoms with Gasteiger partial charge >= 0.3 is 0 Å². The number of benzene rings is 2. The maximum atomic E-state index is 11.7. The van der Waals surface area contributed by atoms with E-state index in [2.05, 4.69) is 84.0 Å². The van der Waals surface area contributed by atoms with E-state index in [1.807, 2.05) is 33.9 Å². The van der Waals surface area contributed by atoms with E-state index in [4.69, 9.17) is 9.97 Å². The SMILES string of the molecule is CCC(CC)C(=O)/C=C(\O)C(CC)CC.Cc1[c-]c(-c2nccc3c2ccc2c(CC(C)(C)C)nc(C)cc23)cc(C)c1.[Ir]. The summed E-state index contributed by atoms with van der Waals surface area (Å²) in [4.78, 5) is 21.3. The number of nitrogens with zero attached hydrogens (tertiary/aromatic N) is 2.